The van der Waals surface area contributed by atoms with Crippen LogP contribution in [0.4, 0.5) is 0 Å². The highest BCUT2D eigenvalue weighted by atomic mass is 14.8. The summed E-state index contributed by atoms with van der Waals surface area (Å²) >= 11 is 0. The molecule has 0 heterocycles. The van der Waals surface area contributed by atoms with Gasteiger partial charge in [-0.1, -0.05) is 13.8 Å². The third-order valence-electron chi connectivity index (χ3n) is 1.21. The van der Waals surface area contributed by atoms with E-state index in [1.807, 2.05) is 27.7 Å². The molecule has 2 atom stereocenters. The predicted octanol–water partition coefficient (Wildman–Crippen LogP) is 0.0343. The van der Waals surface area contributed by atoms with E-state index in [1.165, 1.54) is 0 Å². The van der Waals surface area contributed by atoms with E-state index in [9.17, 15) is 0 Å². The summed E-state index contributed by atoms with van der Waals surface area (Å²) in [5.41, 5.74) is 16.4. The van der Waals surface area contributed by atoms with Gasteiger partial charge < -0.3 is 17.2 Å². The molecule has 64 valence electrons. The Labute approximate surface area is 64.0 Å². The summed E-state index contributed by atoms with van der Waals surface area (Å²) in [5.74, 6) is 0. The lowest BCUT2D eigenvalue weighted by atomic mass is 10.1. The maximum absolute atomic E-state index is 5.51. The van der Waals surface area contributed by atoms with Crippen LogP contribution in [-0.2, 0) is 0 Å². The molecule has 0 rings (SSSR count). The van der Waals surface area contributed by atoms with Gasteiger partial charge in [0.15, 0.2) is 0 Å². The topological polar surface area (TPSA) is 78.1 Å². The van der Waals surface area contributed by atoms with E-state index < -0.39 is 0 Å². The largest absolute Gasteiger partial charge is 0.326 e. The minimum Gasteiger partial charge on any atom is -0.326 e. The number of nitrogens with two attached hydrogens (primary N) is 3. The standard InChI is InChI=1S/C5H15N3.C2H6/c1-3(6)5(8)4(2)7;1-2/h3-5H,6-8H2,1-2H3;1-2H3. The van der Waals surface area contributed by atoms with Crippen molar-refractivity contribution in [3.05, 3.63) is 0 Å². The van der Waals surface area contributed by atoms with E-state index in [-0.39, 0.29) is 18.1 Å². The van der Waals surface area contributed by atoms with Gasteiger partial charge in [0.2, 0.25) is 0 Å². The minimum atomic E-state index is -0.0741. The van der Waals surface area contributed by atoms with Crippen molar-refractivity contribution in [3.8, 4) is 0 Å². The molecule has 0 fully saturated rings. The lowest BCUT2D eigenvalue weighted by molar-refractivity contribution is 0.486. The van der Waals surface area contributed by atoms with Crippen molar-refractivity contribution >= 4 is 0 Å². The van der Waals surface area contributed by atoms with E-state index in [1.54, 1.807) is 0 Å². The van der Waals surface area contributed by atoms with Gasteiger partial charge in [0, 0.05) is 18.1 Å². The first-order chi connectivity index (χ1) is 4.55. The molecule has 0 aromatic carbocycles. The minimum absolute atomic E-state index is 0.00463. The predicted molar refractivity (Wildman–Crippen MR) is 46.6 cm³/mol. The molecule has 0 radical (unpaired) electrons. The normalized spacial score (nSPS) is 18.3. The second-order valence-electron chi connectivity index (χ2n) is 2.30. The van der Waals surface area contributed by atoms with E-state index in [0.717, 1.165) is 0 Å². The molecule has 0 aliphatic carbocycles. The zero-order valence-electron chi connectivity index (χ0n) is 7.46. The van der Waals surface area contributed by atoms with Gasteiger partial charge in [-0.15, -0.1) is 0 Å². The van der Waals surface area contributed by atoms with Gasteiger partial charge >= 0.3 is 0 Å². The number of hydrogen-bond donors (Lipinski definition) is 3. The molecule has 2 unspecified atom stereocenters. The monoisotopic (exact) mass is 147 g/mol. The lowest BCUT2D eigenvalue weighted by Crippen LogP contribution is -2.50. The Morgan fingerprint density at radius 1 is 0.800 bits per heavy atom. The zero-order valence-corrected chi connectivity index (χ0v) is 7.46. The molecule has 0 aromatic rings. The molecule has 3 nitrogen and oxygen atoms in total. The lowest BCUT2D eigenvalue weighted by Gasteiger charge is -2.18. The Morgan fingerprint density at radius 3 is 1.00 bits per heavy atom. The highest BCUT2D eigenvalue weighted by Crippen LogP contribution is 1.88. The first-order valence-electron chi connectivity index (χ1n) is 3.82. The Morgan fingerprint density at radius 2 is 1.00 bits per heavy atom. The zero-order chi connectivity index (χ0) is 8.73. The van der Waals surface area contributed by atoms with Crippen LogP contribution in [0, 0.1) is 0 Å². The van der Waals surface area contributed by atoms with Gasteiger partial charge in [-0.05, 0) is 13.8 Å². The van der Waals surface area contributed by atoms with Gasteiger partial charge in [0.25, 0.3) is 0 Å². The summed E-state index contributed by atoms with van der Waals surface area (Å²) in [6.45, 7) is 7.71. The summed E-state index contributed by atoms with van der Waals surface area (Å²) in [4.78, 5) is 0. The van der Waals surface area contributed by atoms with Crippen molar-refractivity contribution in [3.63, 3.8) is 0 Å². The second kappa shape index (κ2) is 6.99. The first-order valence-corrected chi connectivity index (χ1v) is 3.82. The van der Waals surface area contributed by atoms with Crippen LogP contribution in [0.3, 0.4) is 0 Å². The maximum atomic E-state index is 5.51. The van der Waals surface area contributed by atoms with E-state index >= 15 is 0 Å². The number of rotatable bonds is 2. The van der Waals surface area contributed by atoms with Crippen molar-refractivity contribution in [2.75, 3.05) is 0 Å². The van der Waals surface area contributed by atoms with Crippen molar-refractivity contribution in [1.29, 1.82) is 0 Å². The van der Waals surface area contributed by atoms with Crippen LogP contribution in [-0.4, -0.2) is 18.1 Å². The molecular weight excluding hydrogens is 126 g/mol. The highest BCUT2D eigenvalue weighted by Gasteiger charge is 2.11. The molecule has 0 aromatic heterocycles. The molecule has 0 aliphatic rings. The van der Waals surface area contributed by atoms with Crippen LogP contribution in [0.5, 0.6) is 0 Å². The molecule has 0 saturated heterocycles. The summed E-state index contributed by atoms with van der Waals surface area (Å²) < 4.78 is 0. The average Bonchev–Trinajstić information content (AvgIpc) is 1.90. The second-order valence-corrected chi connectivity index (χ2v) is 2.30. The van der Waals surface area contributed by atoms with Gasteiger partial charge in [0.1, 0.15) is 0 Å². The van der Waals surface area contributed by atoms with Crippen LogP contribution >= 0.6 is 0 Å². The first kappa shape index (κ1) is 12.5. The van der Waals surface area contributed by atoms with Crippen LogP contribution in [0.2, 0.25) is 0 Å². The van der Waals surface area contributed by atoms with Gasteiger partial charge in [-0.3, -0.25) is 0 Å². The van der Waals surface area contributed by atoms with Crippen LogP contribution in [0.1, 0.15) is 27.7 Å². The van der Waals surface area contributed by atoms with E-state index in [4.69, 9.17) is 17.2 Å². The molecule has 0 saturated carbocycles. The quantitative estimate of drug-likeness (QED) is 0.516. The highest BCUT2D eigenvalue weighted by molar-refractivity contribution is 4.78. The Bertz CT molecular complexity index is 53.9. The molecule has 10 heavy (non-hydrogen) atoms. The van der Waals surface area contributed by atoms with Gasteiger partial charge in [0.05, 0.1) is 0 Å². The number of hydrogen-bond acceptors (Lipinski definition) is 3. The Hall–Kier alpha value is -0.120. The summed E-state index contributed by atoms with van der Waals surface area (Å²) in [6, 6.07) is -0.0833. The van der Waals surface area contributed by atoms with Crippen LogP contribution in [0.15, 0.2) is 0 Å². The van der Waals surface area contributed by atoms with Crippen molar-refractivity contribution in [1.82, 2.24) is 0 Å². The fraction of sp³-hybridized carbons (Fsp3) is 1.00. The van der Waals surface area contributed by atoms with Crippen molar-refractivity contribution < 1.29 is 0 Å². The van der Waals surface area contributed by atoms with Crippen LogP contribution in [0.25, 0.3) is 0 Å². The summed E-state index contributed by atoms with van der Waals surface area (Å²) in [7, 11) is 0. The summed E-state index contributed by atoms with van der Waals surface area (Å²) in [6.07, 6.45) is 0. The fourth-order valence-corrected chi connectivity index (χ4v) is 0.479. The maximum Gasteiger partial charge on any atom is 0.0340 e. The smallest absolute Gasteiger partial charge is 0.0340 e. The third-order valence-corrected chi connectivity index (χ3v) is 1.21. The van der Waals surface area contributed by atoms with Crippen molar-refractivity contribution in [2.45, 2.75) is 45.8 Å². The molecule has 6 N–H and O–H groups in total. The molecule has 0 spiro atoms. The Kier molecular flexibility index (Phi) is 8.77. The molecule has 3 heteroatoms. The molecular formula is C7H21N3. The third kappa shape index (κ3) is 6.01. The summed E-state index contributed by atoms with van der Waals surface area (Å²) in [5, 5.41) is 0. The van der Waals surface area contributed by atoms with Crippen molar-refractivity contribution in [2.24, 2.45) is 17.2 Å². The van der Waals surface area contributed by atoms with Crippen LogP contribution < -0.4 is 17.2 Å². The molecule has 0 bridgehead atoms. The molecule has 0 aliphatic heterocycles. The SMILES string of the molecule is CC.CC(N)C(N)C(C)N. The van der Waals surface area contributed by atoms with Gasteiger partial charge in [-0.2, -0.15) is 0 Å². The van der Waals surface area contributed by atoms with E-state index in [2.05, 4.69) is 0 Å². The van der Waals surface area contributed by atoms with Gasteiger partial charge in [-0.25, -0.2) is 0 Å². The van der Waals surface area contributed by atoms with E-state index in [0.29, 0.717) is 0 Å². The Balaban J connectivity index is 0. The molecule has 0 amide bonds. The fourth-order valence-electron chi connectivity index (χ4n) is 0.479. The average molecular weight is 147 g/mol.